The lowest BCUT2D eigenvalue weighted by Crippen LogP contribution is -2.46. The molecule has 3 aliphatic rings. The highest BCUT2D eigenvalue weighted by molar-refractivity contribution is 5.33. The average Bonchev–Trinajstić information content (AvgIpc) is 2.88. The van der Waals surface area contributed by atoms with Crippen molar-refractivity contribution >= 4 is 0 Å². The smallest absolute Gasteiger partial charge is 0.0118 e. The topological polar surface area (TPSA) is 0 Å². The zero-order chi connectivity index (χ0) is 10.9. The molecule has 3 atom stereocenters. The van der Waals surface area contributed by atoms with Crippen molar-refractivity contribution in [3.63, 3.8) is 0 Å². The van der Waals surface area contributed by atoms with E-state index >= 15 is 0 Å². The Hall–Kier alpha value is -0.260. The SMILES string of the molecule is CC1=CC[C@@]2(C)CCCC(C)(C)[C@@]23C[C@@H]13. The van der Waals surface area contributed by atoms with Crippen LogP contribution in [0.3, 0.4) is 0 Å². The summed E-state index contributed by atoms with van der Waals surface area (Å²) >= 11 is 0. The second-order valence-corrected chi connectivity index (χ2v) is 7.18. The quantitative estimate of drug-likeness (QED) is 0.507. The minimum atomic E-state index is 0.584. The van der Waals surface area contributed by atoms with Crippen molar-refractivity contribution in [2.45, 2.75) is 59.8 Å². The van der Waals surface area contributed by atoms with Gasteiger partial charge in [0, 0.05) is 0 Å². The Morgan fingerprint density at radius 3 is 2.67 bits per heavy atom. The largest absolute Gasteiger partial charge is 0.0847 e. The molecule has 0 aliphatic heterocycles. The van der Waals surface area contributed by atoms with Crippen molar-refractivity contribution in [2.75, 3.05) is 0 Å². The van der Waals surface area contributed by atoms with Crippen LogP contribution in [0.4, 0.5) is 0 Å². The van der Waals surface area contributed by atoms with Crippen molar-refractivity contribution in [2.24, 2.45) is 22.2 Å². The van der Waals surface area contributed by atoms with Gasteiger partial charge in [0.05, 0.1) is 0 Å². The van der Waals surface area contributed by atoms with Gasteiger partial charge in [-0.2, -0.15) is 0 Å². The zero-order valence-electron chi connectivity index (χ0n) is 10.7. The fourth-order valence-electron chi connectivity index (χ4n) is 5.22. The van der Waals surface area contributed by atoms with Gasteiger partial charge in [0.25, 0.3) is 0 Å². The Kier molecular flexibility index (Phi) is 1.67. The van der Waals surface area contributed by atoms with E-state index < -0.39 is 0 Å². The van der Waals surface area contributed by atoms with Crippen LogP contribution >= 0.6 is 0 Å². The van der Waals surface area contributed by atoms with Crippen LogP contribution in [0, 0.1) is 22.2 Å². The summed E-state index contributed by atoms with van der Waals surface area (Å²) in [4.78, 5) is 0. The fraction of sp³-hybridized carbons (Fsp3) is 0.867. The van der Waals surface area contributed by atoms with E-state index in [4.69, 9.17) is 0 Å². The van der Waals surface area contributed by atoms with E-state index in [9.17, 15) is 0 Å². The first-order valence-electron chi connectivity index (χ1n) is 6.60. The molecular formula is C15H24. The van der Waals surface area contributed by atoms with Gasteiger partial charge in [-0.3, -0.25) is 0 Å². The second kappa shape index (κ2) is 2.52. The Bertz CT molecular complexity index is 336. The highest BCUT2D eigenvalue weighted by Gasteiger charge is 2.72. The predicted octanol–water partition coefficient (Wildman–Crippen LogP) is 4.56. The minimum absolute atomic E-state index is 0.584. The standard InChI is InChI=1S/C15H24/c1-11-6-9-14(4)8-5-7-13(2,3)15(14)10-12(11)15/h6,12H,5,7-10H2,1-4H3/t12-,14+,15-/m0/s1. The summed E-state index contributed by atoms with van der Waals surface area (Å²) in [6, 6.07) is 0. The van der Waals surface area contributed by atoms with E-state index in [1.54, 1.807) is 5.57 Å². The van der Waals surface area contributed by atoms with Crippen molar-refractivity contribution in [3.8, 4) is 0 Å². The predicted molar refractivity (Wildman–Crippen MR) is 64.7 cm³/mol. The van der Waals surface area contributed by atoms with Gasteiger partial charge in [0.15, 0.2) is 0 Å². The van der Waals surface area contributed by atoms with Crippen LogP contribution < -0.4 is 0 Å². The van der Waals surface area contributed by atoms with Crippen LogP contribution in [0.1, 0.15) is 59.8 Å². The van der Waals surface area contributed by atoms with Crippen LogP contribution in [0.2, 0.25) is 0 Å². The first-order valence-corrected chi connectivity index (χ1v) is 6.60. The molecule has 0 saturated heterocycles. The van der Waals surface area contributed by atoms with Crippen LogP contribution in [0.5, 0.6) is 0 Å². The molecule has 0 heteroatoms. The number of allylic oxidation sites excluding steroid dienone is 2. The number of hydrogen-bond acceptors (Lipinski definition) is 0. The van der Waals surface area contributed by atoms with Gasteiger partial charge in [-0.15, -0.1) is 0 Å². The molecule has 0 amide bonds. The summed E-state index contributed by atoms with van der Waals surface area (Å²) in [6.07, 6.45) is 9.74. The molecule has 3 rings (SSSR count). The molecule has 0 unspecified atom stereocenters. The monoisotopic (exact) mass is 204 g/mol. The summed E-state index contributed by atoms with van der Waals surface area (Å²) in [5.74, 6) is 0.937. The van der Waals surface area contributed by atoms with Crippen molar-refractivity contribution in [3.05, 3.63) is 11.6 Å². The Morgan fingerprint density at radius 1 is 1.20 bits per heavy atom. The Labute approximate surface area is 94.1 Å². The van der Waals surface area contributed by atoms with E-state index in [1.165, 1.54) is 32.1 Å². The van der Waals surface area contributed by atoms with Gasteiger partial charge < -0.3 is 0 Å². The van der Waals surface area contributed by atoms with Gasteiger partial charge in [0.2, 0.25) is 0 Å². The zero-order valence-corrected chi connectivity index (χ0v) is 10.7. The summed E-state index contributed by atoms with van der Waals surface area (Å²) in [7, 11) is 0. The lowest BCUT2D eigenvalue weighted by atomic mass is 9.50. The van der Waals surface area contributed by atoms with Gasteiger partial charge in [0.1, 0.15) is 0 Å². The molecule has 0 aromatic carbocycles. The molecule has 0 aromatic rings. The van der Waals surface area contributed by atoms with E-state index in [0.29, 0.717) is 16.2 Å². The third-order valence-corrected chi connectivity index (χ3v) is 6.20. The van der Waals surface area contributed by atoms with Crippen LogP contribution in [0.25, 0.3) is 0 Å². The number of hydrogen-bond donors (Lipinski definition) is 0. The molecule has 2 fully saturated rings. The van der Waals surface area contributed by atoms with Crippen molar-refractivity contribution in [1.82, 2.24) is 0 Å². The van der Waals surface area contributed by atoms with E-state index in [-0.39, 0.29) is 0 Å². The summed E-state index contributed by atoms with van der Waals surface area (Å²) in [6.45, 7) is 9.99. The molecule has 2 saturated carbocycles. The Balaban J connectivity index is 2.10. The molecule has 0 radical (unpaired) electrons. The third kappa shape index (κ3) is 0.946. The molecule has 3 aliphatic carbocycles. The minimum Gasteiger partial charge on any atom is -0.0847 e. The van der Waals surface area contributed by atoms with Crippen molar-refractivity contribution < 1.29 is 0 Å². The first-order chi connectivity index (χ1) is 6.93. The molecule has 0 aromatic heterocycles. The fourth-order valence-corrected chi connectivity index (χ4v) is 5.22. The maximum absolute atomic E-state index is 2.57. The molecule has 0 heterocycles. The molecule has 84 valence electrons. The van der Waals surface area contributed by atoms with Crippen LogP contribution in [0.15, 0.2) is 11.6 Å². The third-order valence-electron chi connectivity index (χ3n) is 6.20. The highest BCUT2D eigenvalue weighted by atomic mass is 14.8. The maximum atomic E-state index is 2.57. The summed E-state index contributed by atoms with van der Waals surface area (Å²) < 4.78 is 0. The lowest BCUT2D eigenvalue weighted by molar-refractivity contribution is -0.0346. The highest BCUT2D eigenvalue weighted by Crippen LogP contribution is 2.80. The molecule has 0 N–H and O–H groups in total. The first kappa shape index (κ1) is 9.93. The van der Waals surface area contributed by atoms with Crippen LogP contribution in [-0.4, -0.2) is 0 Å². The van der Waals surface area contributed by atoms with Gasteiger partial charge in [-0.05, 0) is 54.8 Å². The normalized spacial score (nSPS) is 51.5. The molecule has 0 bridgehead atoms. The summed E-state index contributed by atoms with van der Waals surface area (Å²) in [5.41, 5.74) is 3.58. The molecule has 1 spiro atoms. The molecule has 0 nitrogen and oxygen atoms in total. The van der Waals surface area contributed by atoms with Gasteiger partial charge in [-0.1, -0.05) is 38.8 Å². The summed E-state index contributed by atoms with van der Waals surface area (Å²) in [5, 5.41) is 0. The van der Waals surface area contributed by atoms with Gasteiger partial charge in [-0.25, -0.2) is 0 Å². The average molecular weight is 204 g/mol. The van der Waals surface area contributed by atoms with Gasteiger partial charge >= 0.3 is 0 Å². The number of rotatable bonds is 0. The van der Waals surface area contributed by atoms with E-state index in [2.05, 4.69) is 33.8 Å². The second-order valence-electron chi connectivity index (χ2n) is 7.18. The molecule has 15 heavy (non-hydrogen) atoms. The van der Waals surface area contributed by atoms with E-state index in [1.807, 2.05) is 0 Å². The van der Waals surface area contributed by atoms with Crippen LogP contribution in [-0.2, 0) is 0 Å². The molecular weight excluding hydrogens is 180 g/mol. The van der Waals surface area contributed by atoms with E-state index in [0.717, 1.165) is 5.92 Å². The lowest BCUT2D eigenvalue weighted by Gasteiger charge is -2.54. The van der Waals surface area contributed by atoms with Crippen molar-refractivity contribution in [1.29, 1.82) is 0 Å². The maximum Gasteiger partial charge on any atom is -0.0118 e. The Morgan fingerprint density at radius 2 is 1.93 bits per heavy atom.